The minimum absolute atomic E-state index is 0.742. The number of nitrogens with zero attached hydrogens (tertiary/aromatic N) is 1. The average molecular weight is 275 g/mol. The molecular weight excluding hydrogens is 252 g/mol. The van der Waals surface area contributed by atoms with Crippen molar-refractivity contribution < 1.29 is 0 Å². The van der Waals surface area contributed by atoms with E-state index in [1.165, 1.54) is 11.4 Å². The molecule has 1 N–H and O–H groups in total. The topological polar surface area (TPSA) is 15.3 Å². The molecule has 0 amide bonds. The molecule has 0 fully saturated rings. The first kappa shape index (κ1) is 15.0. The lowest BCUT2D eigenvalue weighted by atomic mass is 10.2. The average Bonchev–Trinajstić information content (AvgIpc) is 2.68. The SMILES string of the molecule is CCN(CCNCc1ccc(Cl)s1)CC(C)C. The monoisotopic (exact) mass is 274 g/mol. The van der Waals surface area contributed by atoms with Gasteiger partial charge in [0.2, 0.25) is 0 Å². The summed E-state index contributed by atoms with van der Waals surface area (Å²) in [5.41, 5.74) is 0. The van der Waals surface area contributed by atoms with Gasteiger partial charge in [0.15, 0.2) is 0 Å². The molecule has 0 unspecified atom stereocenters. The highest BCUT2D eigenvalue weighted by molar-refractivity contribution is 7.16. The zero-order valence-electron chi connectivity index (χ0n) is 11.0. The lowest BCUT2D eigenvalue weighted by Crippen LogP contribution is -2.34. The second kappa shape index (κ2) is 8.09. The molecule has 0 saturated heterocycles. The molecule has 2 nitrogen and oxygen atoms in total. The highest BCUT2D eigenvalue weighted by Gasteiger charge is 2.04. The fraction of sp³-hybridized carbons (Fsp3) is 0.692. The molecule has 0 radical (unpaired) electrons. The van der Waals surface area contributed by atoms with Crippen LogP contribution in [-0.4, -0.2) is 31.1 Å². The van der Waals surface area contributed by atoms with Gasteiger partial charge in [-0.15, -0.1) is 11.3 Å². The van der Waals surface area contributed by atoms with Crippen LogP contribution in [0.15, 0.2) is 12.1 Å². The molecule has 17 heavy (non-hydrogen) atoms. The van der Waals surface area contributed by atoms with E-state index >= 15 is 0 Å². The number of thiophene rings is 1. The van der Waals surface area contributed by atoms with E-state index in [0.29, 0.717) is 0 Å². The zero-order valence-corrected chi connectivity index (χ0v) is 12.6. The summed E-state index contributed by atoms with van der Waals surface area (Å²) in [5.74, 6) is 0.742. The maximum absolute atomic E-state index is 5.89. The Morgan fingerprint density at radius 2 is 2.18 bits per heavy atom. The first-order valence-corrected chi connectivity index (χ1v) is 7.48. The van der Waals surface area contributed by atoms with Crippen LogP contribution in [0.25, 0.3) is 0 Å². The Bertz CT molecular complexity index is 312. The predicted octanol–water partition coefficient (Wildman–Crippen LogP) is 3.47. The maximum Gasteiger partial charge on any atom is 0.0931 e. The second-order valence-corrected chi connectivity index (χ2v) is 6.47. The van der Waals surface area contributed by atoms with Crippen molar-refractivity contribution in [3.05, 3.63) is 21.3 Å². The quantitative estimate of drug-likeness (QED) is 0.731. The van der Waals surface area contributed by atoms with Crippen molar-refractivity contribution in [3.8, 4) is 0 Å². The Kier molecular flexibility index (Phi) is 7.12. The van der Waals surface area contributed by atoms with Gasteiger partial charge >= 0.3 is 0 Å². The van der Waals surface area contributed by atoms with Crippen LogP contribution >= 0.6 is 22.9 Å². The van der Waals surface area contributed by atoms with E-state index in [1.807, 2.05) is 6.07 Å². The Hall–Kier alpha value is -0.0900. The summed E-state index contributed by atoms with van der Waals surface area (Å²) in [7, 11) is 0. The fourth-order valence-electron chi connectivity index (χ4n) is 1.79. The molecule has 0 aliphatic rings. The van der Waals surface area contributed by atoms with Crippen LogP contribution < -0.4 is 5.32 Å². The van der Waals surface area contributed by atoms with Crippen molar-refractivity contribution in [1.29, 1.82) is 0 Å². The Morgan fingerprint density at radius 3 is 2.71 bits per heavy atom. The molecule has 0 bridgehead atoms. The molecule has 0 atom stereocenters. The van der Waals surface area contributed by atoms with Crippen molar-refractivity contribution >= 4 is 22.9 Å². The van der Waals surface area contributed by atoms with Gasteiger partial charge in [-0.1, -0.05) is 32.4 Å². The van der Waals surface area contributed by atoms with E-state index in [4.69, 9.17) is 11.6 Å². The second-order valence-electron chi connectivity index (χ2n) is 4.67. The Morgan fingerprint density at radius 1 is 1.41 bits per heavy atom. The van der Waals surface area contributed by atoms with Gasteiger partial charge in [-0.3, -0.25) is 0 Å². The van der Waals surface area contributed by atoms with E-state index in [9.17, 15) is 0 Å². The third kappa shape index (κ3) is 6.41. The third-order valence-corrected chi connectivity index (χ3v) is 3.83. The number of rotatable bonds is 8. The molecular formula is C13H23ClN2S. The number of hydrogen-bond donors (Lipinski definition) is 1. The number of likely N-dealkylation sites (N-methyl/N-ethyl adjacent to an activating group) is 1. The summed E-state index contributed by atoms with van der Waals surface area (Å²) >= 11 is 7.54. The highest BCUT2D eigenvalue weighted by Crippen LogP contribution is 2.20. The van der Waals surface area contributed by atoms with Gasteiger partial charge in [-0.2, -0.15) is 0 Å². The first-order valence-electron chi connectivity index (χ1n) is 6.29. The number of halogens is 1. The summed E-state index contributed by atoms with van der Waals surface area (Å²) in [6, 6.07) is 4.05. The summed E-state index contributed by atoms with van der Waals surface area (Å²) in [4.78, 5) is 3.79. The third-order valence-electron chi connectivity index (χ3n) is 2.60. The van der Waals surface area contributed by atoms with Crippen molar-refractivity contribution in [1.82, 2.24) is 10.2 Å². The van der Waals surface area contributed by atoms with Crippen molar-refractivity contribution in [2.45, 2.75) is 27.3 Å². The summed E-state index contributed by atoms with van der Waals surface area (Å²) < 4.78 is 0.872. The van der Waals surface area contributed by atoms with Crippen LogP contribution in [0.1, 0.15) is 25.6 Å². The smallest absolute Gasteiger partial charge is 0.0931 e. The molecule has 0 aliphatic heterocycles. The van der Waals surface area contributed by atoms with Crippen LogP contribution in [-0.2, 0) is 6.54 Å². The highest BCUT2D eigenvalue weighted by atomic mass is 35.5. The normalized spacial score (nSPS) is 11.6. The first-order chi connectivity index (χ1) is 8.11. The van der Waals surface area contributed by atoms with E-state index in [0.717, 1.165) is 36.4 Å². The summed E-state index contributed by atoms with van der Waals surface area (Å²) in [6.07, 6.45) is 0. The fourth-order valence-corrected chi connectivity index (χ4v) is 2.85. The molecule has 0 aromatic carbocycles. The van der Waals surface area contributed by atoms with Crippen LogP contribution in [0.3, 0.4) is 0 Å². The number of hydrogen-bond acceptors (Lipinski definition) is 3. The van der Waals surface area contributed by atoms with Crippen molar-refractivity contribution in [2.75, 3.05) is 26.2 Å². The van der Waals surface area contributed by atoms with E-state index in [1.54, 1.807) is 11.3 Å². The molecule has 1 aromatic heterocycles. The minimum atomic E-state index is 0.742. The Labute approximate surface area is 114 Å². The molecule has 1 rings (SSSR count). The lowest BCUT2D eigenvalue weighted by molar-refractivity contribution is 0.256. The molecule has 1 heterocycles. The van der Waals surface area contributed by atoms with Gasteiger partial charge in [0.1, 0.15) is 0 Å². The van der Waals surface area contributed by atoms with Gasteiger partial charge in [-0.05, 0) is 24.6 Å². The molecule has 1 aromatic rings. The lowest BCUT2D eigenvalue weighted by Gasteiger charge is -2.22. The van der Waals surface area contributed by atoms with Gasteiger partial charge in [0.25, 0.3) is 0 Å². The largest absolute Gasteiger partial charge is 0.311 e. The standard InChI is InChI=1S/C13H23ClN2S/c1-4-16(10-11(2)3)8-7-15-9-12-5-6-13(14)17-12/h5-6,11,15H,4,7-10H2,1-3H3. The van der Waals surface area contributed by atoms with E-state index < -0.39 is 0 Å². The molecule has 0 spiro atoms. The number of nitrogens with one attached hydrogen (secondary N) is 1. The van der Waals surface area contributed by atoms with Crippen LogP contribution in [0, 0.1) is 5.92 Å². The zero-order chi connectivity index (χ0) is 12.7. The van der Waals surface area contributed by atoms with Gasteiger partial charge in [0, 0.05) is 31.1 Å². The Balaban J connectivity index is 2.14. The van der Waals surface area contributed by atoms with Gasteiger partial charge in [0.05, 0.1) is 4.34 Å². The molecule has 0 saturated carbocycles. The van der Waals surface area contributed by atoms with Crippen molar-refractivity contribution in [3.63, 3.8) is 0 Å². The van der Waals surface area contributed by atoms with Crippen LogP contribution in [0.5, 0.6) is 0 Å². The summed E-state index contributed by atoms with van der Waals surface area (Å²) in [6.45, 7) is 12.2. The van der Waals surface area contributed by atoms with E-state index in [2.05, 4.69) is 37.1 Å². The molecule has 4 heteroatoms. The van der Waals surface area contributed by atoms with Gasteiger partial charge < -0.3 is 10.2 Å². The van der Waals surface area contributed by atoms with Gasteiger partial charge in [-0.25, -0.2) is 0 Å². The van der Waals surface area contributed by atoms with Crippen LogP contribution in [0.2, 0.25) is 4.34 Å². The maximum atomic E-state index is 5.89. The van der Waals surface area contributed by atoms with Crippen molar-refractivity contribution in [2.24, 2.45) is 5.92 Å². The summed E-state index contributed by atoms with van der Waals surface area (Å²) in [5, 5.41) is 3.46. The minimum Gasteiger partial charge on any atom is -0.311 e. The molecule has 98 valence electrons. The molecule has 0 aliphatic carbocycles. The van der Waals surface area contributed by atoms with E-state index in [-0.39, 0.29) is 0 Å². The van der Waals surface area contributed by atoms with Crippen LogP contribution in [0.4, 0.5) is 0 Å². The predicted molar refractivity (Wildman–Crippen MR) is 78.0 cm³/mol.